The number of nitrogens with zero attached hydrogens (tertiary/aromatic N) is 2. The highest BCUT2D eigenvalue weighted by Crippen LogP contribution is 2.39. The zero-order chi connectivity index (χ0) is 25.4. The quantitative estimate of drug-likeness (QED) is 0.249. The Kier molecular flexibility index (Phi) is 6.94. The third-order valence-corrected chi connectivity index (χ3v) is 8.08. The van der Waals surface area contributed by atoms with E-state index in [1.807, 2.05) is 31.2 Å². The number of para-hydroxylation sites is 1. The Hall–Kier alpha value is -3.04. The molecule has 0 amide bonds. The van der Waals surface area contributed by atoms with E-state index < -0.39 is 18.2 Å². The zero-order valence-electron chi connectivity index (χ0n) is 20.6. The van der Waals surface area contributed by atoms with Gasteiger partial charge in [0.1, 0.15) is 22.7 Å². The van der Waals surface area contributed by atoms with E-state index in [0.717, 1.165) is 31.9 Å². The van der Waals surface area contributed by atoms with Crippen molar-refractivity contribution in [3.05, 3.63) is 71.3 Å². The Morgan fingerprint density at radius 3 is 2.47 bits per heavy atom. The summed E-state index contributed by atoms with van der Waals surface area (Å²) in [5.41, 5.74) is 5.17. The molecule has 0 saturated heterocycles. The average molecular weight is 505 g/mol. The molecule has 1 saturated carbocycles. The third kappa shape index (κ3) is 4.82. The summed E-state index contributed by atoms with van der Waals surface area (Å²) in [6.07, 6.45) is -1.55. The van der Waals surface area contributed by atoms with Gasteiger partial charge in [-0.2, -0.15) is 0 Å². The van der Waals surface area contributed by atoms with Gasteiger partial charge in [-0.25, -0.2) is 9.97 Å². The van der Waals surface area contributed by atoms with Gasteiger partial charge >= 0.3 is 0 Å². The molecular weight excluding hydrogens is 472 g/mol. The van der Waals surface area contributed by atoms with Crippen LogP contribution in [0.15, 0.2) is 54.6 Å². The van der Waals surface area contributed by atoms with Crippen LogP contribution in [0.1, 0.15) is 36.1 Å². The highest BCUT2D eigenvalue weighted by atomic mass is 32.1. The number of thiazole rings is 1. The summed E-state index contributed by atoms with van der Waals surface area (Å²) in [5.74, 6) is 0.926. The van der Waals surface area contributed by atoms with Gasteiger partial charge in [-0.3, -0.25) is 0 Å². The molecule has 1 aliphatic carbocycles. The summed E-state index contributed by atoms with van der Waals surface area (Å²) in [5, 5.41) is 38.4. The lowest BCUT2D eigenvalue weighted by atomic mass is 10.1. The van der Waals surface area contributed by atoms with Gasteiger partial charge < -0.3 is 26.0 Å². The standard InChI is InChI=1S/C28H32N4O3S/c1-15-8-10-18(11-9-15)17(3)29-23-12-16(2)24(28-31-20-6-4-5-7-22(20)36-28)27(32-23)30-21-13-19(14-33)25(34)26(21)35/h4-12,17,19,21,25-26,33-35H,13-14H2,1-3H3,(H2,29,30,32)/t17-,19-,21-,25-,26+/m1/s1. The van der Waals surface area contributed by atoms with E-state index in [4.69, 9.17) is 9.97 Å². The van der Waals surface area contributed by atoms with Crippen molar-refractivity contribution in [2.45, 2.75) is 51.5 Å². The van der Waals surface area contributed by atoms with E-state index in [9.17, 15) is 15.3 Å². The van der Waals surface area contributed by atoms with E-state index in [0.29, 0.717) is 18.1 Å². The lowest BCUT2D eigenvalue weighted by Gasteiger charge is -2.23. The van der Waals surface area contributed by atoms with E-state index in [1.165, 1.54) is 5.56 Å². The molecule has 4 aromatic rings. The first-order valence-corrected chi connectivity index (χ1v) is 13.1. The Labute approximate surface area is 214 Å². The first-order chi connectivity index (χ1) is 17.3. The number of aromatic nitrogens is 2. The van der Waals surface area contributed by atoms with Crippen molar-refractivity contribution in [3.63, 3.8) is 0 Å². The van der Waals surface area contributed by atoms with Gasteiger partial charge in [0.25, 0.3) is 0 Å². The van der Waals surface area contributed by atoms with Gasteiger partial charge in [-0.15, -0.1) is 11.3 Å². The third-order valence-electron chi connectivity index (χ3n) is 7.02. The van der Waals surface area contributed by atoms with Crippen molar-refractivity contribution in [1.82, 2.24) is 9.97 Å². The first-order valence-electron chi connectivity index (χ1n) is 12.3. The van der Waals surface area contributed by atoms with Crippen LogP contribution in [0.3, 0.4) is 0 Å². The van der Waals surface area contributed by atoms with Crippen LogP contribution in [0.5, 0.6) is 0 Å². The zero-order valence-corrected chi connectivity index (χ0v) is 21.5. The topological polar surface area (TPSA) is 111 Å². The smallest absolute Gasteiger partial charge is 0.139 e. The molecule has 7 nitrogen and oxygen atoms in total. The SMILES string of the molecule is Cc1ccc([C@@H](C)Nc2cc(C)c(-c3nc4ccccc4s3)c(N[C@@H]3C[C@H](CO)[C@@H](O)[C@H]3O)n2)cc1. The van der Waals surface area contributed by atoms with Gasteiger partial charge in [-0.1, -0.05) is 42.0 Å². The molecule has 5 N–H and O–H groups in total. The highest BCUT2D eigenvalue weighted by molar-refractivity contribution is 7.21. The van der Waals surface area contributed by atoms with Crippen LogP contribution in [0.25, 0.3) is 20.8 Å². The fraction of sp³-hybridized carbons (Fsp3) is 0.357. The van der Waals surface area contributed by atoms with Crippen LogP contribution in [0.4, 0.5) is 11.6 Å². The number of hydrogen-bond acceptors (Lipinski definition) is 8. The number of anilines is 2. The van der Waals surface area contributed by atoms with Crippen LogP contribution in [-0.2, 0) is 0 Å². The summed E-state index contributed by atoms with van der Waals surface area (Å²) in [4.78, 5) is 9.78. The monoisotopic (exact) mass is 504 g/mol. The summed E-state index contributed by atoms with van der Waals surface area (Å²) < 4.78 is 1.09. The van der Waals surface area contributed by atoms with Crippen molar-refractivity contribution in [2.24, 2.45) is 5.92 Å². The molecule has 1 fully saturated rings. The average Bonchev–Trinajstić information content (AvgIpc) is 3.40. The Morgan fingerprint density at radius 1 is 1.03 bits per heavy atom. The van der Waals surface area contributed by atoms with Gasteiger partial charge in [0.05, 0.1) is 27.9 Å². The molecule has 2 aromatic heterocycles. The molecule has 2 heterocycles. The second-order valence-corrected chi connectivity index (χ2v) is 10.8. The number of pyridine rings is 1. The number of aliphatic hydroxyl groups excluding tert-OH is 3. The fourth-order valence-corrected chi connectivity index (χ4v) is 5.96. The summed E-state index contributed by atoms with van der Waals surface area (Å²) >= 11 is 1.60. The van der Waals surface area contributed by atoms with Crippen molar-refractivity contribution in [3.8, 4) is 10.6 Å². The molecule has 0 radical (unpaired) electrons. The Bertz CT molecular complexity index is 1320. The molecule has 0 spiro atoms. The number of fused-ring (bicyclic) bond motifs is 1. The summed E-state index contributed by atoms with van der Waals surface area (Å²) in [6.45, 7) is 6.02. The largest absolute Gasteiger partial charge is 0.396 e. The lowest BCUT2D eigenvalue weighted by molar-refractivity contribution is 0.00446. The first kappa shape index (κ1) is 24.6. The van der Waals surface area contributed by atoms with Crippen LogP contribution in [-0.4, -0.2) is 50.1 Å². The Morgan fingerprint density at radius 2 is 1.78 bits per heavy atom. The predicted octanol–water partition coefficient (Wildman–Crippen LogP) is 4.66. The van der Waals surface area contributed by atoms with Gasteiger partial charge in [0.2, 0.25) is 0 Å². The maximum absolute atomic E-state index is 10.7. The maximum Gasteiger partial charge on any atom is 0.139 e. The lowest BCUT2D eigenvalue weighted by Crippen LogP contribution is -2.35. The molecule has 2 aromatic carbocycles. The fourth-order valence-electron chi connectivity index (χ4n) is 4.88. The molecule has 0 bridgehead atoms. The molecule has 0 unspecified atom stereocenters. The van der Waals surface area contributed by atoms with E-state index in [-0.39, 0.29) is 18.6 Å². The van der Waals surface area contributed by atoms with E-state index in [2.05, 4.69) is 54.8 Å². The molecule has 188 valence electrons. The van der Waals surface area contributed by atoms with Crippen molar-refractivity contribution >= 4 is 33.2 Å². The number of benzene rings is 2. The molecule has 36 heavy (non-hydrogen) atoms. The van der Waals surface area contributed by atoms with Crippen molar-refractivity contribution < 1.29 is 15.3 Å². The normalized spacial score (nSPS) is 22.6. The molecule has 5 atom stereocenters. The number of aryl methyl sites for hydroxylation is 2. The van der Waals surface area contributed by atoms with Crippen LogP contribution in [0.2, 0.25) is 0 Å². The summed E-state index contributed by atoms with van der Waals surface area (Å²) in [6, 6.07) is 18.0. The minimum Gasteiger partial charge on any atom is -0.396 e. The number of hydrogen-bond donors (Lipinski definition) is 5. The summed E-state index contributed by atoms with van der Waals surface area (Å²) in [7, 11) is 0. The minimum atomic E-state index is -1.00. The van der Waals surface area contributed by atoms with Crippen LogP contribution in [0, 0.1) is 19.8 Å². The number of aliphatic hydroxyl groups is 3. The van der Waals surface area contributed by atoms with Crippen molar-refractivity contribution in [2.75, 3.05) is 17.2 Å². The van der Waals surface area contributed by atoms with Gasteiger partial charge in [0.15, 0.2) is 0 Å². The van der Waals surface area contributed by atoms with E-state index >= 15 is 0 Å². The molecular formula is C28H32N4O3S. The molecule has 1 aliphatic rings. The molecule has 0 aliphatic heterocycles. The molecule has 5 rings (SSSR count). The predicted molar refractivity (Wildman–Crippen MR) is 145 cm³/mol. The highest BCUT2D eigenvalue weighted by Gasteiger charge is 2.41. The van der Waals surface area contributed by atoms with Gasteiger partial charge in [-0.05, 0) is 56.5 Å². The van der Waals surface area contributed by atoms with E-state index in [1.54, 1.807) is 11.3 Å². The van der Waals surface area contributed by atoms with Gasteiger partial charge in [0, 0.05) is 18.6 Å². The van der Waals surface area contributed by atoms with Crippen LogP contribution < -0.4 is 10.6 Å². The second kappa shape index (κ2) is 10.1. The second-order valence-electron chi connectivity index (χ2n) is 9.72. The number of rotatable bonds is 7. The maximum atomic E-state index is 10.7. The molecule has 8 heteroatoms. The Balaban J connectivity index is 1.53. The van der Waals surface area contributed by atoms with Crippen LogP contribution >= 0.6 is 11.3 Å². The minimum absolute atomic E-state index is 0.0383. The number of nitrogens with one attached hydrogen (secondary N) is 2. The van der Waals surface area contributed by atoms with Crippen molar-refractivity contribution in [1.29, 1.82) is 0 Å².